The fraction of sp³-hybridized carbons (Fsp3) is 0.857. The van der Waals surface area contributed by atoms with E-state index in [0.29, 0.717) is 6.54 Å². The van der Waals surface area contributed by atoms with E-state index in [2.05, 4.69) is 5.32 Å². The molecule has 3 heteroatoms. The molecule has 1 aliphatic rings. The number of hydrogen-bond acceptors (Lipinski definition) is 2. The third-order valence-corrected chi connectivity index (χ3v) is 2.04. The Morgan fingerprint density at radius 3 is 2.60 bits per heavy atom. The number of hydrogen-bond donors (Lipinski definition) is 2. The molecule has 1 saturated carbocycles. The topological polar surface area (TPSA) is 55.1 Å². The predicted octanol–water partition coefficient (Wildman–Crippen LogP) is 0.00390. The first kappa shape index (κ1) is 7.54. The molecule has 0 aromatic heterocycles. The highest BCUT2D eigenvalue weighted by molar-refractivity contribution is 5.86. The third kappa shape index (κ3) is 1.14. The monoisotopic (exact) mass is 142 g/mol. The van der Waals surface area contributed by atoms with Crippen LogP contribution < -0.4 is 11.1 Å². The molecule has 0 unspecified atom stereocenters. The van der Waals surface area contributed by atoms with Crippen LogP contribution in [0.3, 0.4) is 0 Å². The number of likely N-dealkylation sites (N-methyl/N-ethyl adjacent to an activating group) is 1. The molecule has 0 atom stereocenters. The van der Waals surface area contributed by atoms with Crippen LogP contribution in [0.15, 0.2) is 0 Å². The van der Waals surface area contributed by atoms with E-state index < -0.39 is 5.54 Å². The highest BCUT2D eigenvalue weighted by Gasteiger charge is 2.39. The average Bonchev–Trinajstić information content (AvgIpc) is 1.83. The molecule has 10 heavy (non-hydrogen) atoms. The summed E-state index contributed by atoms with van der Waals surface area (Å²) in [6.07, 6.45) is 2.78. The summed E-state index contributed by atoms with van der Waals surface area (Å²) in [4.78, 5) is 11.1. The minimum absolute atomic E-state index is 0.0150. The fourth-order valence-corrected chi connectivity index (χ4v) is 1.12. The molecular weight excluding hydrogens is 128 g/mol. The second-order valence-electron chi connectivity index (χ2n) is 2.87. The lowest BCUT2D eigenvalue weighted by Crippen LogP contribution is -2.58. The Hall–Kier alpha value is -0.570. The highest BCUT2D eigenvalue weighted by Crippen LogP contribution is 2.28. The molecule has 1 fully saturated rings. The molecule has 0 aromatic rings. The van der Waals surface area contributed by atoms with Gasteiger partial charge in [-0.15, -0.1) is 0 Å². The smallest absolute Gasteiger partial charge is 0.240 e. The van der Waals surface area contributed by atoms with Gasteiger partial charge >= 0.3 is 0 Å². The zero-order valence-electron chi connectivity index (χ0n) is 6.31. The standard InChI is InChI=1S/C7H14N2O/c1-2-9-6(10)7(8)4-3-5-7/h2-5,8H2,1H3,(H,9,10). The molecule has 0 spiro atoms. The van der Waals surface area contributed by atoms with Crippen molar-refractivity contribution < 1.29 is 4.79 Å². The summed E-state index contributed by atoms with van der Waals surface area (Å²) in [5.41, 5.74) is 5.20. The summed E-state index contributed by atoms with van der Waals surface area (Å²) >= 11 is 0. The van der Waals surface area contributed by atoms with Crippen molar-refractivity contribution in [2.45, 2.75) is 31.7 Å². The van der Waals surface area contributed by atoms with Crippen LogP contribution >= 0.6 is 0 Å². The summed E-state index contributed by atoms with van der Waals surface area (Å²) in [5, 5.41) is 2.72. The first-order chi connectivity index (χ1) is 4.69. The predicted molar refractivity (Wildman–Crippen MR) is 39.5 cm³/mol. The number of nitrogens with one attached hydrogen (secondary N) is 1. The Balaban J connectivity index is 2.39. The van der Waals surface area contributed by atoms with Crippen LogP contribution in [0.1, 0.15) is 26.2 Å². The van der Waals surface area contributed by atoms with Crippen LogP contribution in [0.25, 0.3) is 0 Å². The first-order valence-corrected chi connectivity index (χ1v) is 3.76. The normalized spacial score (nSPS) is 21.4. The number of carbonyl (C=O) groups is 1. The van der Waals surface area contributed by atoms with Crippen LogP contribution in [0.5, 0.6) is 0 Å². The third-order valence-electron chi connectivity index (χ3n) is 2.04. The quantitative estimate of drug-likeness (QED) is 0.570. The van der Waals surface area contributed by atoms with Gasteiger partial charge in [-0.3, -0.25) is 4.79 Å². The van der Waals surface area contributed by atoms with E-state index in [9.17, 15) is 4.79 Å². The summed E-state index contributed by atoms with van der Waals surface area (Å²) in [6.45, 7) is 2.58. The van der Waals surface area contributed by atoms with Crippen molar-refractivity contribution >= 4 is 5.91 Å². The van der Waals surface area contributed by atoms with Crippen molar-refractivity contribution in [2.24, 2.45) is 5.73 Å². The van der Waals surface area contributed by atoms with Crippen molar-refractivity contribution in [3.63, 3.8) is 0 Å². The minimum atomic E-state index is -0.518. The Bertz CT molecular complexity index is 141. The minimum Gasteiger partial charge on any atom is -0.355 e. The lowest BCUT2D eigenvalue weighted by atomic mass is 9.77. The maximum Gasteiger partial charge on any atom is 0.240 e. The zero-order valence-corrected chi connectivity index (χ0v) is 6.31. The summed E-state index contributed by atoms with van der Waals surface area (Å²) in [7, 11) is 0. The molecular formula is C7H14N2O. The van der Waals surface area contributed by atoms with Gasteiger partial charge in [0.25, 0.3) is 0 Å². The van der Waals surface area contributed by atoms with E-state index in [1.807, 2.05) is 6.92 Å². The fourth-order valence-electron chi connectivity index (χ4n) is 1.12. The number of amides is 1. The molecule has 0 aliphatic heterocycles. The molecule has 0 radical (unpaired) electrons. The van der Waals surface area contributed by atoms with Gasteiger partial charge in [0.15, 0.2) is 0 Å². The zero-order chi connectivity index (χ0) is 7.61. The van der Waals surface area contributed by atoms with E-state index in [0.717, 1.165) is 19.3 Å². The SMILES string of the molecule is CCNC(=O)C1(N)CCC1. The van der Waals surface area contributed by atoms with Gasteiger partial charge in [-0.2, -0.15) is 0 Å². The summed E-state index contributed by atoms with van der Waals surface area (Å²) < 4.78 is 0. The highest BCUT2D eigenvalue weighted by atomic mass is 16.2. The van der Waals surface area contributed by atoms with Crippen LogP contribution in [-0.4, -0.2) is 18.0 Å². The van der Waals surface area contributed by atoms with Gasteiger partial charge in [0.05, 0.1) is 5.54 Å². The Labute approximate surface area is 61.0 Å². The van der Waals surface area contributed by atoms with Crippen LogP contribution in [-0.2, 0) is 4.79 Å². The molecule has 0 aromatic carbocycles. The molecule has 1 amide bonds. The molecule has 0 saturated heterocycles. The van der Waals surface area contributed by atoms with Crippen molar-refractivity contribution in [3.8, 4) is 0 Å². The van der Waals surface area contributed by atoms with Crippen LogP contribution in [0.2, 0.25) is 0 Å². The average molecular weight is 142 g/mol. The first-order valence-electron chi connectivity index (χ1n) is 3.76. The van der Waals surface area contributed by atoms with Crippen molar-refractivity contribution in [2.75, 3.05) is 6.54 Å². The Kier molecular flexibility index (Phi) is 1.94. The van der Waals surface area contributed by atoms with E-state index >= 15 is 0 Å². The molecule has 3 nitrogen and oxygen atoms in total. The summed E-state index contributed by atoms with van der Waals surface area (Å²) in [5.74, 6) is 0.0150. The number of nitrogens with two attached hydrogens (primary N) is 1. The van der Waals surface area contributed by atoms with E-state index in [-0.39, 0.29) is 5.91 Å². The van der Waals surface area contributed by atoms with Crippen molar-refractivity contribution in [1.82, 2.24) is 5.32 Å². The van der Waals surface area contributed by atoms with Gasteiger partial charge in [-0.05, 0) is 26.2 Å². The maximum atomic E-state index is 11.1. The van der Waals surface area contributed by atoms with Gasteiger partial charge in [0.1, 0.15) is 0 Å². The van der Waals surface area contributed by atoms with Crippen LogP contribution in [0.4, 0.5) is 0 Å². The molecule has 0 heterocycles. The van der Waals surface area contributed by atoms with Crippen molar-refractivity contribution in [3.05, 3.63) is 0 Å². The second-order valence-corrected chi connectivity index (χ2v) is 2.87. The Morgan fingerprint density at radius 2 is 2.30 bits per heavy atom. The largest absolute Gasteiger partial charge is 0.355 e. The second kappa shape index (κ2) is 2.58. The van der Waals surface area contributed by atoms with Gasteiger partial charge in [0, 0.05) is 6.54 Å². The maximum absolute atomic E-state index is 11.1. The molecule has 0 bridgehead atoms. The number of carbonyl (C=O) groups excluding carboxylic acids is 1. The van der Waals surface area contributed by atoms with Crippen LogP contribution in [0, 0.1) is 0 Å². The van der Waals surface area contributed by atoms with E-state index in [1.165, 1.54) is 0 Å². The molecule has 1 aliphatic carbocycles. The van der Waals surface area contributed by atoms with Gasteiger partial charge in [-0.1, -0.05) is 0 Å². The number of rotatable bonds is 2. The summed E-state index contributed by atoms with van der Waals surface area (Å²) in [6, 6.07) is 0. The molecule has 58 valence electrons. The van der Waals surface area contributed by atoms with E-state index in [4.69, 9.17) is 5.73 Å². The van der Waals surface area contributed by atoms with E-state index in [1.54, 1.807) is 0 Å². The van der Waals surface area contributed by atoms with Gasteiger partial charge in [0.2, 0.25) is 5.91 Å². The lowest BCUT2D eigenvalue weighted by molar-refractivity contribution is -0.129. The molecule has 3 N–H and O–H groups in total. The van der Waals surface area contributed by atoms with Gasteiger partial charge < -0.3 is 11.1 Å². The molecule has 1 rings (SSSR count). The van der Waals surface area contributed by atoms with Crippen molar-refractivity contribution in [1.29, 1.82) is 0 Å². The lowest BCUT2D eigenvalue weighted by Gasteiger charge is -2.35. The van der Waals surface area contributed by atoms with Gasteiger partial charge in [-0.25, -0.2) is 0 Å². The Morgan fingerprint density at radius 1 is 1.70 bits per heavy atom.